The van der Waals surface area contributed by atoms with Gasteiger partial charge in [-0.15, -0.1) is 0 Å². The minimum absolute atomic E-state index is 0.398. The van der Waals surface area contributed by atoms with Crippen molar-refractivity contribution in [3.8, 4) is 0 Å². The van der Waals surface area contributed by atoms with Gasteiger partial charge in [-0.1, -0.05) is 32.8 Å². The lowest BCUT2D eigenvalue weighted by atomic mass is 9.88. The van der Waals surface area contributed by atoms with E-state index in [9.17, 15) is 0 Å². The van der Waals surface area contributed by atoms with E-state index in [1.165, 1.54) is 43.6 Å². The van der Waals surface area contributed by atoms with Gasteiger partial charge in [0.05, 0.1) is 5.76 Å². The van der Waals surface area contributed by atoms with Crippen LogP contribution in [0.15, 0.2) is 12.3 Å². The highest BCUT2D eigenvalue weighted by Gasteiger charge is 2.14. The highest BCUT2D eigenvalue weighted by atomic mass is 32.2. The van der Waals surface area contributed by atoms with E-state index < -0.39 is 0 Å². The van der Waals surface area contributed by atoms with E-state index in [0.29, 0.717) is 11.7 Å². The van der Waals surface area contributed by atoms with E-state index >= 15 is 0 Å². The first kappa shape index (κ1) is 14.0. The molecule has 0 amide bonds. The van der Waals surface area contributed by atoms with Crippen LogP contribution in [0.3, 0.4) is 0 Å². The summed E-state index contributed by atoms with van der Waals surface area (Å²) in [5.74, 6) is 4.64. The molecule has 16 heavy (non-hydrogen) atoms. The summed E-state index contributed by atoms with van der Waals surface area (Å²) in [6.07, 6.45) is 9.07. The molecule has 0 spiro atoms. The zero-order valence-electron chi connectivity index (χ0n) is 10.6. The molecule has 1 saturated carbocycles. The van der Waals surface area contributed by atoms with Crippen molar-refractivity contribution in [2.45, 2.75) is 51.9 Å². The van der Waals surface area contributed by atoms with Crippen molar-refractivity contribution in [2.75, 3.05) is 11.5 Å². The Bertz CT molecular complexity index is 191. The molecule has 0 unspecified atom stereocenters. The maximum atomic E-state index is 8.98. The molecule has 2 heteroatoms. The molecule has 0 radical (unpaired) electrons. The Morgan fingerprint density at radius 1 is 1.06 bits per heavy atom. The first-order valence-corrected chi connectivity index (χ1v) is 7.81. The Morgan fingerprint density at radius 2 is 1.62 bits per heavy atom. The minimum atomic E-state index is 0.398. The summed E-state index contributed by atoms with van der Waals surface area (Å²) in [5, 5.41) is 8.98. The second-order valence-corrected chi connectivity index (χ2v) is 6.35. The quantitative estimate of drug-likeness (QED) is 0.667. The van der Waals surface area contributed by atoms with Gasteiger partial charge in [-0.05, 0) is 43.1 Å². The molecule has 1 heterocycles. The van der Waals surface area contributed by atoms with Gasteiger partial charge in [0.1, 0.15) is 0 Å². The van der Waals surface area contributed by atoms with Crippen LogP contribution in [0.4, 0.5) is 0 Å². The lowest BCUT2D eigenvalue weighted by Gasteiger charge is -2.19. The van der Waals surface area contributed by atoms with Crippen LogP contribution >= 0.6 is 11.8 Å². The SMILES string of the molecule is C=C(O)C1CCCCC1.CC1CCSCC1. The molecule has 1 nitrogen and oxygen atoms in total. The highest BCUT2D eigenvalue weighted by molar-refractivity contribution is 7.99. The van der Waals surface area contributed by atoms with Crippen molar-refractivity contribution in [1.29, 1.82) is 0 Å². The van der Waals surface area contributed by atoms with Gasteiger partial charge in [-0.25, -0.2) is 0 Å². The van der Waals surface area contributed by atoms with E-state index in [1.807, 2.05) is 0 Å². The number of aliphatic hydroxyl groups excluding tert-OH is 1. The summed E-state index contributed by atoms with van der Waals surface area (Å²) in [6, 6.07) is 0. The first-order valence-electron chi connectivity index (χ1n) is 6.65. The number of thioether (sulfide) groups is 1. The monoisotopic (exact) mass is 242 g/mol. The lowest BCUT2D eigenvalue weighted by Crippen LogP contribution is -2.07. The van der Waals surface area contributed by atoms with Crippen LogP contribution in [-0.4, -0.2) is 16.6 Å². The minimum Gasteiger partial charge on any atom is -0.513 e. The molecular formula is C14H26OS. The van der Waals surface area contributed by atoms with Gasteiger partial charge in [-0.2, -0.15) is 11.8 Å². The number of hydrogen-bond donors (Lipinski definition) is 1. The molecule has 1 saturated heterocycles. The lowest BCUT2D eigenvalue weighted by molar-refractivity contribution is 0.278. The van der Waals surface area contributed by atoms with Gasteiger partial charge >= 0.3 is 0 Å². The van der Waals surface area contributed by atoms with Crippen molar-refractivity contribution in [2.24, 2.45) is 11.8 Å². The molecule has 94 valence electrons. The molecule has 1 N–H and O–H groups in total. The molecule has 2 rings (SSSR count). The molecule has 2 aliphatic rings. The summed E-state index contributed by atoms with van der Waals surface area (Å²) >= 11 is 2.10. The zero-order valence-corrected chi connectivity index (χ0v) is 11.4. The standard InChI is InChI=1S/C8H14O.C6H12S/c1-7(9)8-5-3-2-4-6-8;1-6-2-4-7-5-3-6/h8-9H,1-6H2;6H,2-5H2,1H3. The van der Waals surface area contributed by atoms with Crippen LogP contribution in [0.5, 0.6) is 0 Å². The van der Waals surface area contributed by atoms with E-state index in [0.717, 1.165) is 18.8 Å². The van der Waals surface area contributed by atoms with Gasteiger partial charge in [0.2, 0.25) is 0 Å². The van der Waals surface area contributed by atoms with E-state index in [-0.39, 0.29) is 0 Å². The molecular weight excluding hydrogens is 216 g/mol. The first-order chi connectivity index (χ1) is 7.70. The van der Waals surface area contributed by atoms with Crippen LogP contribution in [0.2, 0.25) is 0 Å². The molecule has 0 atom stereocenters. The van der Waals surface area contributed by atoms with Crippen LogP contribution < -0.4 is 0 Å². The molecule has 1 aliphatic carbocycles. The van der Waals surface area contributed by atoms with Crippen molar-refractivity contribution in [1.82, 2.24) is 0 Å². The number of rotatable bonds is 1. The maximum absolute atomic E-state index is 8.98. The molecule has 2 fully saturated rings. The third kappa shape index (κ3) is 5.83. The van der Waals surface area contributed by atoms with Gasteiger partial charge in [0, 0.05) is 5.92 Å². The predicted octanol–water partition coefficient (Wildman–Crippen LogP) is 4.79. The number of hydrogen-bond acceptors (Lipinski definition) is 2. The third-order valence-corrected chi connectivity index (χ3v) is 4.64. The number of allylic oxidation sites excluding steroid dienone is 1. The average Bonchev–Trinajstić information content (AvgIpc) is 2.32. The van der Waals surface area contributed by atoms with E-state index in [4.69, 9.17) is 5.11 Å². The van der Waals surface area contributed by atoms with Crippen LogP contribution in [0, 0.1) is 11.8 Å². The summed E-state index contributed by atoms with van der Waals surface area (Å²) in [6.45, 7) is 5.88. The van der Waals surface area contributed by atoms with Crippen molar-refractivity contribution < 1.29 is 5.11 Å². The molecule has 1 aliphatic heterocycles. The largest absolute Gasteiger partial charge is 0.513 e. The fourth-order valence-corrected chi connectivity index (χ4v) is 3.59. The average molecular weight is 242 g/mol. The summed E-state index contributed by atoms with van der Waals surface area (Å²) in [7, 11) is 0. The van der Waals surface area contributed by atoms with Crippen molar-refractivity contribution in [3.05, 3.63) is 12.3 Å². The van der Waals surface area contributed by atoms with Crippen LogP contribution in [0.25, 0.3) is 0 Å². The highest BCUT2D eigenvalue weighted by Crippen LogP contribution is 2.27. The second kappa shape index (κ2) is 8.05. The van der Waals surface area contributed by atoms with E-state index in [2.05, 4.69) is 25.3 Å². The van der Waals surface area contributed by atoms with Gasteiger partial charge in [-0.3, -0.25) is 0 Å². The zero-order chi connectivity index (χ0) is 11.8. The number of aliphatic hydroxyl groups is 1. The molecule has 0 aromatic rings. The fourth-order valence-electron chi connectivity index (χ4n) is 2.25. The summed E-state index contributed by atoms with van der Waals surface area (Å²) in [5.41, 5.74) is 0. The Balaban J connectivity index is 0.000000165. The predicted molar refractivity (Wildman–Crippen MR) is 74.1 cm³/mol. The Labute approximate surface area is 105 Å². The Hall–Kier alpha value is -0.110. The molecule has 0 aromatic carbocycles. The van der Waals surface area contributed by atoms with Crippen LogP contribution in [-0.2, 0) is 0 Å². The maximum Gasteiger partial charge on any atom is 0.0881 e. The van der Waals surface area contributed by atoms with Crippen molar-refractivity contribution in [3.63, 3.8) is 0 Å². The fraction of sp³-hybridized carbons (Fsp3) is 0.857. The topological polar surface area (TPSA) is 20.2 Å². The smallest absolute Gasteiger partial charge is 0.0881 e. The Morgan fingerprint density at radius 3 is 1.94 bits per heavy atom. The molecule has 0 aromatic heterocycles. The van der Waals surface area contributed by atoms with Gasteiger partial charge in [0.25, 0.3) is 0 Å². The van der Waals surface area contributed by atoms with Gasteiger partial charge < -0.3 is 5.11 Å². The third-order valence-electron chi connectivity index (χ3n) is 3.59. The van der Waals surface area contributed by atoms with E-state index in [1.54, 1.807) is 0 Å². The second-order valence-electron chi connectivity index (χ2n) is 5.12. The Kier molecular flexibility index (Phi) is 7.02. The summed E-state index contributed by atoms with van der Waals surface area (Å²) in [4.78, 5) is 0. The normalized spacial score (nSPS) is 23.3. The van der Waals surface area contributed by atoms with Crippen molar-refractivity contribution >= 4 is 11.8 Å². The molecule has 0 bridgehead atoms. The van der Waals surface area contributed by atoms with Crippen LogP contribution in [0.1, 0.15) is 51.9 Å². The van der Waals surface area contributed by atoms with Gasteiger partial charge in [0.15, 0.2) is 0 Å². The summed E-state index contributed by atoms with van der Waals surface area (Å²) < 4.78 is 0.